The number of likely N-dealkylation sites (tertiary alicyclic amines) is 2. The SMILES string of the molecule is C[C@]12CN(Cc3ccccc3)C[C@@](C)(CN(C(=O)c3c[nH]c4ccccc34)C1)C2. The molecule has 1 amide bonds. The van der Waals surface area contributed by atoms with E-state index in [1.807, 2.05) is 30.5 Å². The van der Waals surface area contributed by atoms with E-state index in [0.717, 1.165) is 49.2 Å². The zero-order valence-corrected chi connectivity index (χ0v) is 17.3. The zero-order chi connectivity index (χ0) is 20.1. The molecule has 0 radical (unpaired) electrons. The van der Waals surface area contributed by atoms with Gasteiger partial charge in [-0.3, -0.25) is 9.69 Å². The molecule has 2 saturated heterocycles. The van der Waals surface area contributed by atoms with Crippen LogP contribution in [0.5, 0.6) is 0 Å². The molecule has 2 atom stereocenters. The second-order valence-electron chi connectivity index (χ2n) is 9.84. The van der Waals surface area contributed by atoms with Gasteiger partial charge in [-0.25, -0.2) is 0 Å². The van der Waals surface area contributed by atoms with Crippen LogP contribution < -0.4 is 0 Å². The molecule has 0 saturated carbocycles. The highest BCUT2D eigenvalue weighted by atomic mass is 16.2. The summed E-state index contributed by atoms with van der Waals surface area (Å²) in [7, 11) is 0. The summed E-state index contributed by atoms with van der Waals surface area (Å²) in [5.74, 6) is 0.163. The first-order valence-corrected chi connectivity index (χ1v) is 10.5. The van der Waals surface area contributed by atoms with Crippen molar-refractivity contribution in [2.75, 3.05) is 26.2 Å². The highest BCUT2D eigenvalue weighted by molar-refractivity contribution is 6.06. The molecule has 3 heterocycles. The van der Waals surface area contributed by atoms with Crippen molar-refractivity contribution >= 4 is 16.8 Å². The van der Waals surface area contributed by atoms with Crippen molar-refractivity contribution in [1.82, 2.24) is 14.8 Å². The van der Waals surface area contributed by atoms with Crippen molar-refractivity contribution in [2.24, 2.45) is 10.8 Å². The minimum absolute atomic E-state index is 0.127. The summed E-state index contributed by atoms with van der Waals surface area (Å²) in [6, 6.07) is 18.8. The van der Waals surface area contributed by atoms with Gasteiger partial charge in [-0.2, -0.15) is 0 Å². The quantitative estimate of drug-likeness (QED) is 0.716. The number of aromatic amines is 1. The van der Waals surface area contributed by atoms with Gasteiger partial charge in [0.25, 0.3) is 5.91 Å². The third kappa shape index (κ3) is 3.46. The van der Waals surface area contributed by atoms with Crippen LogP contribution in [0.3, 0.4) is 0 Å². The molecule has 29 heavy (non-hydrogen) atoms. The number of para-hydroxylation sites is 1. The summed E-state index contributed by atoms with van der Waals surface area (Å²) >= 11 is 0. The number of aromatic nitrogens is 1. The number of hydrogen-bond acceptors (Lipinski definition) is 2. The number of benzene rings is 2. The van der Waals surface area contributed by atoms with Crippen molar-refractivity contribution < 1.29 is 4.79 Å². The van der Waals surface area contributed by atoms with E-state index in [1.165, 1.54) is 12.0 Å². The van der Waals surface area contributed by atoms with Crippen LogP contribution in [0.15, 0.2) is 60.8 Å². The predicted octanol–water partition coefficient (Wildman–Crippen LogP) is 4.54. The number of H-pyrrole nitrogens is 1. The van der Waals surface area contributed by atoms with Crippen LogP contribution in [0.25, 0.3) is 10.9 Å². The normalized spacial score (nSPS) is 27.3. The maximum atomic E-state index is 13.5. The molecule has 0 spiro atoms. The van der Waals surface area contributed by atoms with E-state index >= 15 is 0 Å². The molecule has 3 aromatic rings. The van der Waals surface area contributed by atoms with Crippen molar-refractivity contribution in [3.05, 3.63) is 71.9 Å². The van der Waals surface area contributed by atoms with E-state index in [9.17, 15) is 4.79 Å². The Balaban J connectivity index is 1.38. The zero-order valence-electron chi connectivity index (χ0n) is 17.3. The Hall–Kier alpha value is -2.59. The fraction of sp³-hybridized carbons (Fsp3) is 0.400. The van der Waals surface area contributed by atoms with Gasteiger partial charge in [0.1, 0.15) is 0 Å². The van der Waals surface area contributed by atoms with Crippen molar-refractivity contribution in [3.8, 4) is 0 Å². The van der Waals surface area contributed by atoms with Gasteiger partial charge in [-0.1, -0.05) is 62.4 Å². The first kappa shape index (κ1) is 18.4. The smallest absolute Gasteiger partial charge is 0.256 e. The summed E-state index contributed by atoms with van der Waals surface area (Å²) in [6.45, 7) is 9.43. The van der Waals surface area contributed by atoms with Crippen LogP contribution in [-0.2, 0) is 6.54 Å². The molecule has 0 unspecified atom stereocenters. The van der Waals surface area contributed by atoms with Gasteiger partial charge in [0.2, 0.25) is 0 Å². The Morgan fingerprint density at radius 3 is 2.31 bits per heavy atom. The number of amides is 1. The van der Waals surface area contributed by atoms with Crippen LogP contribution in [0, 0.1) is 10.8 Å². The van der Waals surface area contributed by atoms with Gasteiger partial charge in [-0.05, 0) is 28.9 Å². The summed E-state index contributed by atoms with van der Waals surface area (Å²) in [6.07, 6.45) is 3.06. The number of rotatable bonds is 3. The topological polar surface area (TPSA) is 39.3 Å². The van der Waals surface area contributed by atoms with E-state index in [-0.39, 0.29) is 16.7 Å². The van der Waals surface area contributed by atoms with Crippen LogP contribution in [0.4, 0.5) is 0 Å². The van der Waals surface area contributed by atoms with Gasteiger partial charge in [-0.15, -0.1) is 0 Å². The molecular weight excluding hydrogens is 358 g/mol. The van der Waals surface area contributed by atoms with Crippen LogP contribution in [0.2, 0.25) is 0 Å². The average Bonchev–Trinajstić information content (AvgIpc) is 3.10. The maximum absolute atomic E-state index is 13.5. The van der Waals surface area contributed by atoms with Gasteiger partial charge < -0.3 is 9.88 Å². The van der Waals surface area contributed by atoms with Gasteiger partial charge in [0, 0.05) is 49.8 Å². The number of fused-ring (bicyclic) bond motifs is 3. The van der Waals surface area contributed by atoms with Crippen molar-refractivity contribution in [2.45, 2.75) is 26.8 Å². The molecule has 4 heteroatoms. The molecule has 2 aliphatic rings. The molecule has 2 aliphatic heterocycles. The maximum Gasteiger partial charge on any atom is 0.256 e. The summed E-state index contributed by atoms with van der Waals surface area (Å²) in [5.41, 5.74) is 3.45. The number of hydrogen-bond donors (Lipinski definition) is 1. The lowest BCUT2D eigenvalue weighted by atomic mass is 9.65. The molecule has 2 fully saturated rings. The molecule has 2 bridgehead atoms. The van der Waals surface area contributed by atoms with Crippen LogP contribution in [-0.4, -0.2) is 46.9 Å². The van der Waals surface area contributed by atoms with Gasteiger partial charge in [0.05, 0.1) is 5.56 Å². The summed E-state index contributed by atoms with van der Waals surface area (Å²) < 4.78 is 0. The Morgan fingerprint density at radius 2 is 1.59 bits per heavy atom. The molecule has 5 rings (SSSR count). The van der Waals surface area contributed by atoms with Crippen LogP contribution in [0.1, 0.15) is 36.2 Å². The Labute approximate surface area is 172 Å². The third-order valence-electron chi connectivity index (χ3n) is 6.57. The van der Waals surface area contributed by atoms with Gasteiger partial charge in [0.15, 0.2) is 0 Å². The predicted molar refractivity (Wildman–Crippen MR) is 117 cm³/mol. The lowest BCUT2D eigenvalue weighted by molar-refractivity contribution is -0.0662. The second kappa shape index (κ2) is 6.74. The Morgan fingerprint density at radius 1 is 0.931 bits per heavy atom. The molecular formula is C25H29N3O. The number of carbonyl (C=O) groups is 1. The highest BCUT2D eigenvalue weighted by Crippen LogP contribution is 2.46. The molecule has 150 valence electrons. The lowest BCUT2D eigenvalue weighted by Gasteiger charge is -2.56. The van der Waals surface area contributed by atoms with Crippen LogP contribution >= 0.6 is 0 Å². The number of nitrogens with zero attached hydrogens (tertiary/aromatic N) is 2. The van der Waals surface area contributed by atoms with E-state index in [2.05, 4.69) is 59.0 Å². The van der Waals surface area contributed by atoms with E-state index in [0.29, 0.717) is 0 Å². The molecule has 0 aliphatic carbocycles. The highest BCUT2D eigenvalue weighted by Gasteiger charge is 2.49. The van der Waals surface area contributed by atoms with E-state index < -0.39 is 0 Å². The summed E-state index contributed by atoms with van der Waals surface area (Å²) in [4.78, 5) is 21.4. The second-order valence-corrected chi connectivity index (χ2v) is 9.84. The molecule has 1 N–H and O–H groups in total. The van der Waals surface area contributed by atoms with Gasteiger partial charge >= 0.3 is 0 Å². The first-order chi connectivity index (χ1) is 13.9. The van der Waals surface area contributed by atoms with E-state index in [1.54, 1.807) is 0 Å². The molecule has 2 aromatic carbocycles. The van der Waals surface area contributed by atoms with Crippen molar-refractivity contribution in [1.29, 1.82) is 0 Å². The fourth-order valence-corrected chi connectivity index (χ4v) is 5.98. The van der Waals surface area contributed by atoms with E-state index in [4.69, 9.17) is 0 Å². The number of nitrogens with one attached hydrogen (secondary N) is 1. The number of carbonyl (C=O) groups excluding carboxylic acids is 1. The minimum atomic E-state index is 0.127. The minimum Gasteiger partial charge on any atom is -0.360 e. The monoisotopic (exact) mass is 387 g/mol. The lowest BCUT2D eigenvalue weighted by Crippen LogP contribution is -2.62. The van der Waals surface area contributed by atoms with Crippen molar-refractivity contribution in [3.63, 3.8) is 0 Å². The molecule has 4 nitrogen and oxygen atoms in total. The first-order valence-electron chi connectivity index (χ1n) is 10.5. The Kier molecular flexibility index (Phi) is 4.28. The molecule has 1 aromatic heterocycles. The largest absolute Gasteiger partial charge is 0.360 e. The number of piperidine rings is 2. The Bertz CT molecular complexity index is 1020. The third-order valence-corrected chi connectivity index (χ3v) is 6.57. The fourth-order valence-electron chi connectivity index (χ4n) is 5.98. The summed E-state index contributed by atoms with van der Waals surface area (Å²) in [5, 5.41) is 1.02. The average molecular weight is 388 g/mol. The standard InChI is InChI=1S/C25H29N3O/c1-24-14-25(2,16-27(15-24)13-19-8-4-3-5-9-19)18-28(17-24)23(29)21-12-26-22-11-7-6-10-20(21)22/h3-12,26H,13-18H2,1-2H3/t24-,25-/m0/s1.